The number of rotatable bonds is 3. The van der Waals surface area contributed by atoms with Crippen molar-refractivity contribution in [3.63, 3.8) is 0 Å². The summed E-state index contributed by atoms with van der Waals surface area (Å²) in [5.74, 6) is 6.17. The van der Waals surface area contributed by atoms with Crippen LogP contribution < -0.4 is 5.56 Å². The van der Waals surface area contributed by atoms with Crippen LogP contribution in [0.4, 0.5) is 0 Å². The molecule has 118 valence electrons. The summed E-state index contributed by atoms with van der Waals surface area (Å²) in [7, 11) is 0. The van der Waals surface area contributed by atoms with E-state index >= 15 is 0 Å². The molecule has 0 aliphatic rings. The molecule has 0 aliphatic heterocycles. The molecule has 0 radical (unpaired) electrons. The van der Waals surface area contributed by atoms with Crippen LogP contribution in [0.1, 0.15) is 42.3 Å². The van der Waals surface area contributed by atoms with Gasteiger partial charge in [-0.25, -0.2) is 0 Å². The SMILES string of the molecule is Cc1cccn(CC(=O)c2ccc(C#CC(C)(C)C)cc2)c1=O. The van der Waals surface area contributed by atoms with Gasteiger partial charge in [-0.05, 0) is 45.9 Å². The summed E-state index contributed by atoms with van der Waals surface area (Å²) < 4.78 is 1.44. The summed E-state index contributed by atoms with van der Waals surface area (Å²) in [5, 5.41) is 0. The second kappa shape index (κ2) is 6.66. The Hall–Kier alpha value is -2.60. The van der Waals surface area contributed by atoms with E-state index in [2.05, 4.69) is 32.6 Å². The second-order valence-corrected chi connectivity index (χ2v) is 6.62. The summed E-state index contributed by atoms with van der Waals surface area (Å²) in [6, 6.07) is 10.7. The Morgan fingerprint density at radius 1 is 1.13 bits per heavy atom. The summed E-state index contributed by atoms with van der Waals surface area (Å²) >= 11 is 0. The Labute approximate surface area is 137 Å². The van der Waals surface area contributed by atoms with Crippen LogP contribution in [-0.4, -0.2) is 10.4 Å². The molecule has 0 unspecified atom stereocenters. The molecule has 1 aromatic carbocycles. The van der Waals surface area contributed by atoms with Crippen LogP contribution in [0, 0.1) is 24.2 Å². The quantitative estimate of drug-likeness (QED) is 0.643. The molecule has 0 aliphatic carbocycles. The van der Waals surface area contributed by atoms with Gasteiger partial charge in [0.15, 0.2) is 5.78 Å². The van der Waals surface area contributed by atoms with Gasteiger partial charge >= 0.3 is 0 Å². The first-order chi connectivity index (χ1) is 10.8. The third kappa shape index (κ3) is 4.69. The zero-order valence-electron chi connectivity index (χ0n) is 14.0. The molecule has 0 amide bonds. The Morgan fingerprint density at radius 3 is 2.39 bits per heavy atom. The van der Waals surface area contributed by atoms with E-state index in [0.29, 0.717) is 11.1 Å². The Morgan fingerprint density at radius 2 is 1.78 bits per heavy atom. The third-order valence-corrected chi connectivity index (χ3v) is 3.31. The first-order valence-electron chi connectivity index (χ1n) is 7.59. The molecule has 0 bridgehead atoms. The number of nitrogens with zero attached hydrogens (tertiary/aromatic N) is 1. The average molecular weight is 307 g/mol. The van der Waals surface area contributed by atoms with E-state index in [9.17, 15) is 9.59 Å². The van der Waals surface area contributed by atoms with E-state index in [-0.39, 0.29) is 23.3 Å². The fraction of sp³-hybridized carbons (Fsp3) is 0.300. The van der Waals surface area contributed by atoms with E-state index in [0.717, 1.165) is 5.56 Å². The van der Waals surface area contributed by atoms with Crippen LogP contribution in [0.3, 0.4) is 0 Å². The molecule has 2 aromatic rings. The van der Waals surface area contributed by atoms with E-state index < -0.39 is 0 Å². The van der Waals surface area contributed by atoms with E-state index in [1.54, 1.807) is 37.4 Å². The molecule has 0 atom stereocenters. The van der Waals surface area contributed by atoms with Crippen LogP contribution in [0.2, 0.25) is 0 Å². The van der Waals surface area contributed by atoms with Gasteiger partial charge in [-0.1, -0.05) is 30.0 Å². The van der Waals surface area contributed by atoms with Gasteiger partial charge in [0.25, 0.3) is 5.56 Å². The highest BCUT2D eigenvalue weighted by atomic mass is 16.1. The molecule has 0 fully saturated rings. The Balaban J connectivity index is 2.16. The number of ketones is 1. The molecular weight excluding hydrogens is 286 g/mol. The molecule has 2 rings (SSSR count). The van der Waals surface area contributed by atoms with Crippen LogP contribution in [0.5, 0.6) is 0 Å². The molecule has 3 nitrogen and oxygen atoms in total. The van der Waals surface area contributed by atoms with E-state index in [1.807, 2.05) is 12.1 Å². The van der Waals surface area contributed by atoms with Crippen molar-refractivity contribution in [1.29, 1.82) is 0 Å². The fourth-order valence-electron chi connectivity index (χ4n) is 2.03. The lowest BCUT2D eigenvalue weighted by molar-refractivity contribution is 0.0971. The van der Waals surface area contributed by atoms with Gasteiger partial charge in [0.1, 0.15) is 0 Å². The lowest BCUT2D eigenvalue weighted by Crippen LogP contribution is -2.25. The summed E-state index contributed by atoms with van der Waals surface area (Å²) in [4.78, 5) is 24.3. The molecule has 3 heteroatoms. The largest absolute Gasteiger partial charge is 0.308 e. The van der Waals surface area contributed by atoms with Gasteiger partial charge in [0.05, 0.1) is 6.54 Å². The lowest BCUT2D eigenvalue weighted by atomic mass is 9.97. The van der Waals surface area contributed by atoms with Crippen LogP contribution in [0.15, 0.2) is 47.4 Å². The predicted molar refractivity (Wildman–Crippen MR) is 92.5 cm³/mol. The number of hydrogen-bond donors (Lipinski definition) is 0. The molecule has 0 saturated heterocycles. The highest BCUT2D eigenvalue weighted by molar-refractivity contribution is 5.96. The van der Waals surface area contributed by atoms with Crippen molar-refractivity contribution in [3.05, 3.63) is 69.6 Å². The predicted octanol–water partition coefficient (Wildman–Crippen LogP) is 3.44. The fourth-order valence-corrected chi connectivity index (χ4v) is 2.03. The minimum absolute atomic E-state index is 0.0491. The monoisotopic (exact) mass is 307 g/mol. The molecule has 0 N–H and O–H groups in total. The maximum atomic E-state index is 12.3. The minimum Gasteiger partial charge on any atom is -0.308 e. The van der Waals surface area contributed by atoms with Crippen molar-refractivity contribution < 1.29 is 4.79 Å². The normalized spacial score (nSPS) is 10.8. The zero-order chi connectivity index (χ0) is 17.0. The Bertz CT molecular complexity index is 825. The van der Waals surface area contributed by atoms with Crippen LogP contribution in [0.25, 0.3) is 0 Å². The molecule has 1 aromatic heterocycles. The van der Waals surface area contributed by atoms with Crippen molar-refractivity contribution in [2.45, 2.75) is 34.2 Å². The molecule has 0 spiro atoms. The number of carbonyl (C=O) groups excluding carboxylic acids is 1. The maximum Gasteiger partial charge on any atom is 0.253 e. The van der Waals surface area contributed by atoms with Gasteiger partial charge < -0.3 is 4.57 Å². The smallest absolute Gasteiger partial charge is 0.253 e. The van der Waals surface area contributed by atoms with Crippen molar-refractivity contribution in [2.24, 2.45) is 5.41 Å². The van der Waals surface area contributed by atoms with Gasteiger partial charge in [-0.15, -0.1) is 0 Å². The number of aryl methyl sites for hydroxylation is 1. The van der Waals surface area contributed by atoms with Crippen LogP contribution in [-0.2, 0) is 6.54 Å². The number of carbonyl (C=O) groups is 1. The maximum absolute atomic E-state index is 12.3. The average Bonchev–Trinajstić information content (AvgIpc) is 2.49. The topological polar surface area (TPSA) is 39.1 Å². The number of pyridine rings is 1. The van der Waals surface area contributed by atoms with Crippen molar-refractivity contribution >= 4 is 5.78 Å². The summed E-state index contributed by atoms with van der Waals surface area (Å²) in [6.45, 7) is 7.95. The number of benzene rings is 1. The van der Waals surface area contributed by atoms with Crippen molar-refractivity contribution in [3.8, 4) is 11.8 Å². The van der Waals surface area contributed by atoms with Crippen molar-refractivity contribution in [2.75, 3.05) is 0 Å². The molecule has 23 heavy (non-hydrogen) atoms. The summed E-state index contributed by atoms with van der Waals surface area (Å²) in [6.07, 6.45) is 1.64. The highest BCUT2D eigenvalue weighted by Crippen LogP contribution is 2.11. The summed E-state index contributed by atoms with van der Waals surface area (Å²) in [5.41, 5.74) is 1.91. The van der Waals surface area contributed by atoms with Gasteiger partial charge in [-0.2, -0.15) is 0 Å². The lowest BCUT2D eigenvalue weighted by Gasteiger charge is -2.07. The molecule has 0 saturated carbocycles. The van der Waals surface area contributed by atoms with Gasteiger partial charge in [0, 0.05) is 28.3 Å². The highest BCUT2D eigenvalue weighted by Gasteiger charge is 2.08. The molecule has 1 heterocycles. The van der Waals surface area contributed by atoms with Crippen molar-refractivity contribution in [1.82, 2.24) is 4.57 Å². The van der Waals surface area contributed by atoms with Crippen LogP contribution >= 0.6 is 0 Å². The number of aromatic nitrogens is 1. The standard InChI is InChI=1S/C20H21NO2/c1-15-6-5-13-21(19(15)23)14-18(22)17-9-7-16(8-10-17)11-12-20(2,3)4/h5-10,13H,14H2,1-4H3. The van der Waals surface area contributed by atoms with Gasteiger partial charge in [0.2, 0.25) is 0 Å². The minimum atomic E-state index is -0.131. The van der Waals surface area contributed by atoms with E-state index in [1.165, 1.54) is 4.57 Å². The third-order valence-electron chi connectivity index (χ3n) is 3.31. The zero-order valence-corrected chi connectivity index (χ0v) is 14.0. The second-order valence-electron chi connectivity index (χ2n) is 6.62. The van der Waals surface area contributed by atoms with E-state index in [4.69, 9.17) is 0 Å². The number of hydrogen-bond acceptors (Lipinski definition) is 2. The number of Topliss-reactive ketones (excluding diaryl/α,β-unsaturated/α-hetero) is 1. The van der Waals surface area contributed by atoms with Gasteiger partial charge in [-0.3, -0.25) is 9.59 Å². The first kappa shape index (κ1) is 16.8. The Kier molecular flexibility index (Phi) is 4.86. The molecular formula is C20H21NO2. The first-order valence-corrected chi connectivity index (χ1v) is 7.59.